The number of hydrogen-bond donors (Lipinski definition) is 1. The lowest BCUT2D eigenvalue weighted by Crippen LogP contribution is -1.92. The standard InChI is InChI=1S/C11H10ClNO2/c12-10-4-2-1-3-8(10)5-11-9(7-14)6-13-15-11/h1-4,6,14H,5,7H2. The van der Waals surface area contributed by atoms with Gasteiger partial charge in [0, 0.05) is 17.0 Å². The van der Waals surface area contributed by atoms with E-state index in [-0.39, 0.29) is 6.61 Å². The molecule has 0 fully saturated rings. The van der Waals surface area contributed by atoms with Crippen molar-refractivity contribution in [3.05, 3.63) is 52.4 Å². The fourth-order valence-corrected chi connectivity index (χ4v) is 1.58. The predicted molar refractivity (Wildman–Crippen MR) is 56.7 cm³/mol. The molecule has 0 aliphatic carbocycles. The molecule has 2 rings (SSSR count). The van der Waals surface area contributed by atoms with Crippen LogP contribution >= 0.6 is 11.6 Å². The zero-order valence-corrected chi connectivity index (χ0v) is 8.74. The van der Waals surface area contributed by atoms with Crippen LogP contribution in [0.5, 0.6) is 0 Å². The van der Waals surface area contributed by atoms with Crippen molar-refractivity contribution < 1.29 is 9.63 Å². The van der Waals surface area contributed by atoms with Crippen LogP contribution in [0.4, 0.5) is 0 Å². The summed E-state index contributed by atoms with van der Waals surface area (Å²) < 4.78 is 5.05. The van der Waals surface area contributed by atoms with Gasteiger partial charge in [-0.25, -0.2) is 0 Å². The Balaban J connectivity index is 2.26. The van der Waals surface area contributed by atoms with Crippen LogP contribution < -0.4 is 0 Å². The Labute approximate surface area is 92.3 Å². The molecule has 0 saturated heterocycles. The number of nitrogens with zero attached hydrogens (tertiary/aromatic N) is 1. The maximum absolute atomic E-state index is 9.02. The van der Waals surface area contributed by atoms with Crippen molar-refractivity contribution in [2.75, 3.05) is 0 Å². The van der Waals surface area contributed by atoms with Crippen LogP contribution in [0.2, 0.25) is 5.02 Å². The predicted octanol–water partition coefficient (Wildman–Crippen LogP) is 2.41. The third-order valence-corrected chi connectivity index (χ3v) is 2.58. The minimum atomic E-state index is -0.0662. The number of aromatic nitrogens is 1. The van der Waals surface area contributed by atoms with Gasteiger partial charge in [-0.3, -0.25) is 0 Å². The van der Waals surface area contributed by atoms with Gasteiger partial charge in [0.1, 0.15) is 5.76 Å². The van der Waals surface area contributed by atoms with Crippen LogP contribution in [0.25, 0.3) is 0 Å². The van der Waals surface area contributed by atoms with E-state index in [1.807, 2.05) is 24.3 Å². The fraction of sp³-hybridized carbons (Fsp3) is 0.182. The molecule has 0 spiro atoms. The molecule has 0 radical (unpaired) electrons. The van der Waals surface area contributed by atoms with Crippen LogP contribution in [0.15, 0.2) is 35.0 Å². The van der Waals surface area contributed by atoms with E-state index < -0.39 is 0 Å². The molecule has 0 saturated carbocycles. The molecule has 1 aromatic heterocycles. The summed E-state index contributed by atoms with van der Waals surface area (Å²) in [5.74, 6) is 0.658. The minimum absolute atomic E-state index is 0.0662. The lowest BCUT2D eigenvalue weighted by Gasteiger charge is -2.01. The van der Waals surface area contributed by atoms with Gasteiger partial charge in [0.2, 0.25) is 0 Å². The molecule has 1 N–H and O–H groups in total. The molecule has 78 valence electrons. The molecule has 15 heavy (non-hydrogen) atoms. The van der Waals surface area contributed by atoms with Crippen molar-refractivity contribution in [1.29, 1.82) is 0 Å². The molecule has 2 aromatic rings. The highest BCUT2D eigenvalue weighted by atomic mass is 35.5. The van der Waals surface area contributed by atoms with E-state index in [0.29, 0.717) is 22.8 Å². The summed E-state index contributed by atoms with van der Waals surface area (Å²) in [6.07, 6.45) is 2.07. The number of aliphatic hydroxyl groups is 1. The van der Waals surface area contributed by atoms with Crippen LogP contribution in [-0.2, 0) is 13.0 Å². The van der Waals surface area contributed by atoms with Gasteiger partial charge < -0.3 is 9.63 Å². The molecule has 4 heteroatoms. The average molecular weight is 224 g/mol. The Bertz CT molecular complexity index is 453. The number of hydrogen-bond acceptors (Lipinski definition) is 3. The summed E-state index contributed by atoms with van der Waals surface area (Å²) in [5, 5.41) is 13.4. The zero-order valence-electron chi connectivity index (χ0n) is 7.98. The van der Waals surface area contributed by atoms with Gasteiger partial charge in [-0.2, -0.15) is 0 Å². The minimum Gasteiger partial charge on any atom is -0.391 e. The van der Waals surface area contributed by atoms with Gasteiger partial charge in [-0.05, 0) is 11.6 Å². The van der Waals surface area contributed by atoms with Crippen LogP contribution in [0.1, 0.15) is 16.9 Å². The smallest absolute Gasteiger partial charge is 0.146 e. The second kappa shape index (κ2) is 4.47. The highest BCUT2D eigenvalue weighted by molar-refractivity contribution is 6.31. The monoisotopic (exact) mass is 223 g/mol. The van der Waals surface area contributed by atoms with E-state index >= 15 is 0 Å². The number of rotatable bonds is 3. The molecule has 0 atom stereocenters. The van der Waals surface area contributed by atoms with E-state index in [0.717, 1.165) is 5.56 Å². The van der Waals surface area contributed by atoms with Crippen molar-refractivity contribution >= 4 is 11.6 Å². The molecular formula is C11H10ClNO2. The lowest BCUT2D eigenvalue weighted by molar-refractivity contribution is 0.277. The molecule has 0 aliphatic rings. The summed E-state index contributed by atoms with van der Waals surface area (Å²) >= 11 is 6.01. The quantitative estimate of drug-likeness (QED) is 0.869. The van der Waals surface area contributed by atoms with E-state index in [9.17, 15) is 0 Å². The maximum atomic E-state index is 9.02. The van der Waals surface area contributed by atoms with Crippen molar-refractivity contribution in [3.63, 3.8) is 0 Å². The molecule has 0 bridgehead atoms. The normalized spacial score (nSPS) is 10.5. The third kappa shape index (κ3) is 2.19. The molecule has 0 unspecified atom stereocenters. The molecule has 0 amide bonds. The van der Waals surface area contributed by atoms with E-state index in [1.165, 1.54) is 6.20 Å². The molecule has 1 heterocycles. The second-order valence-electron chi connectivity index (χ2n) is 3.20. The van der Waals surface area contributed by atoms with Crippen molar-refractivity contribution in [2.45, 2.75) is 13.0 Å². The highest BCUT2D eigenvalue weighted by Crippen LogP contribution is 2.20. The average Bonchev–Trinajstić information content (AvgIpc) is 2.69. The number of benzene rings is 1. The summed E-state index contributed by atoms with van der Waals surface area (Å²) in [5.41, 5.74) is 1.67. The van der Waals surface area contributed by atoms with Crippen LogP contribution in [-0.4, -0.2) is 10.3 Å². The largest absolute Gasteiger partial charge is 0.391 e. The van der Waals surface area contributed by atoms with Crippen molar-refractivity contribution in [1.82, 2.24) is 5.16 Å². The molecular weight excluding hydrogens is 214 g/mol. The van der Waals surface area contributed by atoms with Crippen molar-refractivity contribution in [3.8, 4) is 0 Å². The van der Waals surface area contributed by atoms with E-state index in [4.69, 9.17) is 21.2 Å². The molecule has 1 aromatic carbocycles. The first kappa shape index (κ1) is 10.2. The first-order valence-corrected chi connectivity index (χ1v) is 4.95. The Morgan fingerprint density at radius 2 is 2.07 bits per heavy atom. The Kier molecular flexibility index (Phi) is 3.04. The lowest BCUT2D eigenvalue weighted by atomic mass is 10.1. The molecule has 3 nitrogen and oxygen atoms in total. The Morgan fingerprint density at radius 1 is 1.27 bits per heavy atom. The summed E-state index contributed by atoms with van der Waals surface area (Å²) in [7, 11) is 0. The van der Waals surface area contributed by atoms with E-state index in [1.54, 1.807) is 0 Å². The number of aliphatic hydroxyl groups excluding tert-OH is 1. The van der Waals surface area contributed by atoms with Crippen molar-refractivity contribution in [2.24, 2.45) is 0 Å². The SMILES string of the molecule is OCc1cnoc1Cc1ccccc1Cl. The Hall–Kier alpha value is -1.32. The van der Waals surface area contributed by atoms with Gasteiger partial charge in [0.05, 0.1) is 12.8 Å². The summed E-state index contributed by atoms with van der Waals surface area (Å²) in [4.78, 5) is 0. The second-order valence-corrected chi connectivity index (χ2v) is 3.61. The van der Waals surface area contributed by atoms with Gasteiger partial charge in [-0.15, -0.1) is 0 Å². The van der Waals surface area contributed by atoms with Gasteiger partial charge in [0.25, 0.3) is 0 Å². The molecule has 0 aliphatic heterocycles. The maximum Gasteiger partial charge on any atom is 0.146 e. The van der Waals surface area contributed by atoms with Gasteiger partial charge in [0.15, 0.2) is 0 Å². The highest BCUT2D eigenvalue weighted by Gasteiger charge is 2.09. The van der Waals surface area contributed by atoms with Gasteiger partial charge >= 0.3 is 0 Å². The summed E-state index contributed by atoms with van der Waals surface area (Å²) in [6, 6.07) is 7.53. The van der Waals surface area contributed by atoms with Crippen LogP contribution in [0.3, 0.4) is 0 Å². The zero-order chi connectivity index (χ0) is 10.7. The summed E-state index contributed by atoms with van der Waals surface area (Å²) in [6.45, 7) is -0.0662. The topological polar surface area (TPSA) is 46.3 Å². The van der Waals surface area contributed by atoms with Gasteiger partial charge in [-0.1, -0.05) is 35.0 Å². The van der Waals surface area contributed by atoms with Crippen LogP contribution in [0, 0.1) is 0 Å². The first-order valence-electron chi connectivity index (χ1n) is 4.58. The number of halogens is 1. The third-order valence-electron chi connectivity index (χ3n) is 2.21. The van der Waals surface area contributed by atoms with E-state index in [2.05, 4.69) is 5.16 Å². The Morgan fingerprint density at radius 3 is 2.80 bits per heavy atom. The first-order chi connectivity index (χ1) is 7.31. The fourth-order valence-electron chi connectivity index (χ4n) is 1.37.